The normalized spacial score (nSPS) is 12.8. The van der Waals surface area contributed by atoms with Crippen LogP contribution in [0.2, 0.25) is 0 Å². The Morgan fingerprint density at radius 1 is 0.692 bits per heavy atom. The van der Waals surface area contributed by atoms with Crippen LogP contribution < -0.4 is 5.32 Å². The van der Waals surface area contributed by atoms with Crippen molar-refractivity contribution < 1.29 is 22.6 Å². The molecule has 1 aliphatic carbocycles. The number of ketones is 2. The van der Waals surface area contributed by atoms with Gasteiger partial charge in [-0.1, -0.05) is 101 Å². The topological polar surface area (TPSA) is 101 Å². The first-order chi connectivity index (χ1) is 18.8. The summed E-state index contributed by atoms with van der Waals surface area (Å²) < 4.78 is 33.6. The molecule has 7 heteroatoms. The third-order valence-electron chi connectivity index (χ3n) is 7.35. The number of hydrogen-bond donors (Lipinski definition) is 2. The second kappa shape index (κ2) is 13.2. The molecule has 2 N–H and O–H groups in total. The average molecular weight is 548 g/mol. The summed E-state index contributed by atoms with van der Waals surface area (Å²) >= 11 is 0. The van der Waals surface area contributed by atoms with E-state index in [4.69, 9.17) is 0 Å². The molecule has 0 aromatic heterocycles. The minimum Gasteiger partial charge on any atom is -0.355 e. The van der Waals surface area contributed by atoms with Crippen LogP contribution in [0.1, 0.15) is 109 Å². The van der Waals surface area contributed by atoms with Gasteiger partial charge in [0.25, 0.3) is 10.1 Å². The molecule has 1 aliphatic rings. The summed E-state index contributed by atoms with van der Waals surface area (Å²) in [5.41, 5.74) is 2.55. The van der Waals surface area contributed by atoms with Crippen molar-refractivity contribution >= 4 is 33.1 Å². The molecule has 0 fully saturated rings. The molecule has 0 saturated heterocycles. The van der Waals surface area contributed by atoms with Crippen LogP contribution in [0.5, 0.6) is 0 Å². The molecule has 0 bridgehead atoms. The van der Waals surface area contributed by atoms with Gasteiger partial charge in [0, 0.05) is 22.4 Å². The maximum Gasteiger partial charge on any atom is 0.294 e. The zero-order chi connectivity index (χ0) is 27.8. The van der Waals surface area contributed by atoms with Crippen LogP contribution in [0, 0.1) is 0 Å². The molecule has 0 spiro atoms. The van der Waals surface area contributed by atoms with E-state index in [1.807, 2.05) is 24.3 Å². The van der Waals surface area contributed by atoms with Crippen molar-refractivity contribution in [3.8, 4) is 0 Å². The Morgan fingerprint density at radius 3 is 1.85 bits per heavy atom. The van der Waals surface area contributed by atoms with Crippen molar-refractivity contribution in [1.82, 2.24) is 0 Å². The van der Waals surface area contributed by atoms with Gasteiger partial charge in [0.05, 0.1) is 16.1 Å². The van der Waals surface area contributed by atoms with Crippen LogP contribution in [-0.2, 0) is 16.5 Å². The summed E-state index contributed by atoms with van der Waals surface area (Å²) in [6.45, 7) is 2.24. The number of carbonyl (C=O) groups excluding carboxylic acids is 2. The third-order valence-corrected chi connectivity index (χ3v) is 8.18. The van der Waals surface area contributed by atoms with Gasteiger partial charge in [-0.25, -0.2) is 0 Å². The van der Waals surface area contributed by atoms with Crippen molar-refractivity contribution in [1.29, 1.82) is 0 Å². The van der Waals surface area contributed by atoms with E-state index in [1.54, 1.807) is 24.3 Å². The first-order valence-corrected chi connectivity index (χ1v) is 15.4. The van der Waals surface area contributed by atoms with Crippen molar-refractivity contribution in [3.63, 3.8) is 0 Å². The lowest BCUT2D eigenvalue weighted by atomic mass is 9.83. The molecule has 0 amide bonds. The number of rotatable bonds is 14. The fourth-order valence-corrected chi connectivity index (χ4v) is 5.71. The van der Waals surface area contributed by atoms with Crippen molar-refractivity contribution in [2.45, 2.75) is 82.4 Å². The maximum absolute atomic E-state index is 13.3. The number of nitrogens with one attached hydrogen (secondary N) is 1. The SMILES string of the molecule is CCCCCCCCCCCCc1ccc(Nc2cc(S(=O)(=O)O)cc3c2C(=O)c2ccccc2C3=O)cc1. The zero-order valence-corrected chi connectivity index (χ0v) is 23.4. The summed E-state index contributed by atoms with van der Waals surface area (Å²) in [5, 5.41) is 3.11. The van der Waals surface area contributed by atoms with Gasteiger partial charge >= 0.3 is 0 Å². The lowest BCUT2D eigenvalue weighted by molar-refractivity contribution is 0.0979. The fourth-order valence-electron chi connectivity index (χ4n) is 5.17. The van der Waals surface area contributed by atoms with E-state index in [1.165, 1.54) is 69.4 Å². The molecule has 4 rings (SSSR count). The zero-order valence-electron chi connectivity index (χ0n) is 22.5. The monoisotopic (exact) mass is 547 g/mol. The van der Waals surface area contributed by atoms with Crippen LogP contribution >= 0.6 is 0 Å². The number of anilines is 2. The van der Waals surface area contributed by atoms with Gasteiger partial charge in [-0.3, -0.25) is 14.1 Å². The molecule has 206 valence electrons. The number of benzene rings is 3. The number of carbonyl (C=O) groups is 2. The van der Waals surface area contributed by atoms with E-state index in [-0.39, 0.29) is 33.7 Å². The Morgan fingerprint density at radius 2 is 1.26 bits per heavy atom. The van der Waals surface area contributed by atoms with E-state index in [2.05, 4.69) is 12.2 Å². The van der Waals surface area contributed by atoms with Gasteiger partial charge in [-0.2, -0.15) is 8.42 Å². The first kappa shape index (κ1) is 28.7. The van der Waals surface area contributed by atoms with Gasteiger partial charge in [0.15, 0.2) is 11.6 Å². The number of fused-ring (bicyclic) bond motifs is 2. The van der Waals surface area contributed by atoms with Crippen LogP contribution in [0.25, 0.3) is 0 Å². The Labute approximate surface area is 231 Å². The molecule has 0 aliphatic heterocycles. The van der Waals surface area contributed by atoms with Crippen LogP contribution in [0.15, 0.2) is 65.6 Å². The van der Waals surface area contributed by atoms with E-state index >= 15 is 0 Å². The molecule has 0 atom stereocenters. The highest BCUT2D eigenvalue weighted by molar-refractivity contribution is 7.85. The minimum atomic E-state index is -4.60. The minimum absolute atomic E-state index is 0.0473. The van der Waals surface area contributed by atoms with Crippen molar-refractivity contribution in [2.24, 2.45) is 0 Å². The quantitative estimate of drug-likeness (QED) is 0.123. The van der Waals surface area contributed by atoms with Gasteiger partial charge in [-0.15, -0.1) is 0 Å². The summed E-state index contributed by atoms with van der Waals surface area (Å²) in [6, 6.07) is 16.5. The maximum atomic E-state index is 13.3. The Kier molecular flexibility index (Phi) is 9.70. The molecule has 0 unspecified atom stereocenters. The van der Waals surface area contributed by atoms with Crippen LogP contribution in [0.4, 0.5) is 11.4 Å². The van der Waals surface area contributed by atoms with E-state index in [9.17, 15) is 22.6 Å². The lowest BCUT2D eigenvalue weighted by Gasteiger charge is -2.22. The summed E-state index contributed by atoms with van der Waals surface area (Å²) in [6.07, 6.45) is 13.9. The molecule has 3 aromatic rings. The van der Waals surface area contributed by atoms with E-state index in [0.29, 0.717) is 5.69 Å². The van der Waals surface area contributed by atoms with E-state index in [0.717, 1.165) is 18.9 Å². The Bertz CT molecular complexity index is 1430. The predicted molar refractivity (Wildman–Crippen MR) is 155 cm³/mol. The second-order valence-corrected chi connectivity index (χ2v) is 11.7. The number of aryl methyl sites for hydroxylation is 1. The van der Waals surface area contributed by atoms with Gasteiger partial charge in [-0.05, 0) is 42.7 Å². The van der Waals surface area contributed by atoms with Gasteiger partial charge in [0.1, 0.15) is 0 Å². The highest BCUT2D eigenvalue weighted by Crippen LogP contribution is 2.35. The van der Waals surface area contributed by atoms with Crippen LogP contribution in [0.3, 0.4) is 0 Å². The molecular formula is C32H37NO5S. The summed E-state index contributed by atoms with van der Waals surface area (Å²) in [5.74, 6) is -0.831. The molecule has 0 heterocycles. The van der Waals surface area contributed by atoms with Crippen molar-refractivity contribution in [3.05, 3.63) is 88.5 Å². The highest BCUT2D eigenvalue weighted by atomic mass is 32.2. The molecule has 0 radical (unpaired) electrons. The lowest BCUT2D eigenvalue weighted by Crippen LogP contribution is -2.23. The highest BCUT2D eigenvalue weighted by Gasteiger charge is 2.33. The fraction of sp³-hybridized carbons (Fsp3) is 0.375. The molecule has 6 nitrogen and oxygen atoms in total. The van der Waals surface area contributed by atoms with Crippen molar-refractivity contribution in [2.75, 3.05) is 5.32 Å². The largest absolute Gasteiger partial charge is 0.355 e. The average Bonchev–Trinajstić information content (AvgIpc) is 2.93. The number of unbranched alkanes of at least 4 members (excludes halogenated alkanes) is 9. The molecule has 3 aromatic carbocycles. The first-order valence-electron chi connectivity index (χ1n) is 14.0. The van der Waals surface area contributed by atoms with Crippen LogP contribution in [-0.4, -0.2) is 24.5 Å². The summed E-state index contributed by atoms with van der Waals surface area (Å²) in [4.78, 5) is 26.1. The smallest absolute Gasteiger partial charge is 0.294 e. The summed E-state index contributed by atoms with van der Waals surface area (Å²) in [7, 11) is -4.60. The standard InChI is InChI=1S/C32H37NO5S/c1-2-3-4-5-6-7-8-9-10-11-14-23-17-19-24(20-18-23)33-29-22-25(39(36,37)38)21-28-30(29)32(35)27-16-13-12-15-26(27)31(28)34/h12-13,15-22,33H,2-11,14H2,1H3,(H,36,37,38). The molecular weight excluding hydrogens is 510 g/mol. The second-order valence-electron chi connectivity index (χ2n) is 10.3. The van der Waals surface area contributed by atoms with Gasteiger partial charge < -0.3 is 5.32 Å². The number of hydrogen-bond acceptors (Lipinski definition) is 5. The molecule has 0 saturated carbocycles. The Hall–Kier alpha value is -3.29. The van der Waals surface area contributed by atoms with E-state index < -0.39 is 20.8 Å². The molecule has 39 heavy (non-hydrogen) atoms. The third kappa shape index (κ3) is 7.22. The van der Waals surface area contributed by atoms with Gasteiger partial charge in [0.2, 0.25) is 0 Å². The predicted octanol–water partition coefficient (Wildman–Crippen LogP) is 7.92. The Balaban J connectivity index is 1.41.